The normalized spacial score (nSPS) is 22.9. The van der Waals surface area contributed by atoms with Crippen molar-refractivity contribution in [1.82, 2.24) is 24.5 Å². The van der Waals surface area contributed by atoms with E-state index in [0.29, 0.717) is 11.4 Å². The van der Waals surface area contributed by atoms with Gasteiger partial charge in [0.15, 0.2) is 5.52 Å². The van der Waals surface area contributed by atoms with E-state index in [1.54, 1.807) is 17.8 Å². The van der Waals surface area contributed by atoms with Crippen LogP contribution in [0.1, 0.15) is 48.8 Å². The summed E-state index contributed by atoms with van der Waals surface area (Å²) < 4.78 is 12.8. The lowest BCUT2D eigenvalue weighted by atomic mass is 9.97. The zero-order valence-corrected chi connectivity index (χ0v) is 18.1. The molecule has 3 aromatic rings. The lowest BCUT2D eigenvalue weighted by Gasteiger charge is -2.21. The molecule has 2 aliphatic heterocycles. The fraction of sp³-hybridized carbons (Fsp3) is 0.522. The van der Waals surface area contributed by atoms with Crippen LogP contribution >= 0.6 is 0 Å². The van der Waals surface area contributed by atoms with Crippen LogP contribution in [0.15, 0.2) is 35.3 Å². The van der Waals surface area contributed by atoms with Gasteiger partial charge in [-0.05, 0) is 24.8 Å². The summed E-state index contributed by atoms with van der Waals surface area (Å²) in [5.74, 6) is 3.36. The number of para-hydroxylation sites is 1. The van der Waals surface area contributed by atoms with Crippen molar-refractivity contribution in [2.24, 2.45) is 5.92 Å². The van der Waals surface area contributed by atoms with E-state index >= 15 is 0 Å². The zero-order chi connectivity index (χ0) is 21.4. The van der Waals surface area contributed by atoms with Crippen LogP contribution in [-0.4, -0.2) is 57.9 Å². The molecule has 164 valence electrons. The molecule has 0 spiro atoms. The van der Waals surface area contributed by atoms with Gasteiger partial charge in [0.05, 0.1) is 13.3 Å². The van der Waals surface area contributed by atoms with E-state index in [1.807, 2.05) is 18.2 Å². The predicted molar refractivity (Wildman–Crippen MR) is 117 cm³/mol. The molecule has 1 N–H and O–H groups in total. The summed E-state index contributed by atoms with van der Waals surface area (Å²) in [6.45, 7) is 6.29. The summed E-state index contributed by atoms with van der Waals surface area (Å²) in [4.78, 5) is 22.8. The lowest BCUT2D eigenvalue weighted by molar-refractivity contribution is 0.0832. The third kappa shape index (κ3) is 3.85. The fourth-order valence-corrected chi connectivity index (χ4v) is 4.96. The lowest BCUT2D eigenvalue weighted by Crippen LogP contribution is -2.24. The van der Waals surface area contributed by atoms with E-state index in [-0.39, 0.29) is 17.4 Å². The van der Waals surface area contributed by atoms with Crippen LogP contribution in [-0.2, 0) is 11.3 Å². The number of ether oxygens (including phenoxy) is 2. The standard InChI is InChI=1S/C23H29N5O3/c1-15-12-27(13-17-5-3-4-6-20(17)30-2)14-18(15)21-25-23(29)19-11-24-22(28(19)26-21)16-7-9-31-10-8-16/h3-6,11,15-16,18H,7-10,12-14H2,1-2H3,(H,25,26,29). The average Bonchev–Trinajstić information content (AvgIpc) is 3.38. The van der Waals surface area contributed by atoms with Crippen molar-refractivity contribution in [2.45, 2.75) is 38.1 Å². The Kier molecular flexibility index (Phi) is 5.50. The van der Waals surface area contributed by atoms with Crippen molar-refractivity contribution in [3.05, 3.63) is 58.0 Å². The van der Waals surface area contributed by atoms with Gasteiger partial charge < -0.3 is 14.5 Å². The number of likely N-dealkylation sites (tertiary alicyclic amines) is 1. The molecule has 2 unspecified atom stereocenters. The van der Waals surface area contributed by atoms with Crippen LogP contribution in [0.5, 0.6) is 5.75 Å². The van der Waals surface area contributed by atoms with Gasteiger partial charge >= 0.3 is 0 Å². The molecular formula is C23H29N5O3. The van der Waals surface area contributed by atoms with Crippen molar-refractivity contribution in [2.75, 3.05) is 33.4 Å². The number of H-pyrrole nitrogens is 1. The first-order valence-corrected chi connectivity index (χ1v) is 11.0. The monoisotopic (exact) mass is 423 g/mol. The molecule has 0 aliphatic carbocycles. The number of benzene rings is 1. The second-order valence-electron chi connectivity index (χ2n) is 8.73. The summed E-state index contributed by atoms with van der Waals surface area (Å²) in [5.41, 5.74) is 1.57. The van der Waals surface area contributed by atoms with Crippen LogP contribution in [0.2, 0.25) is 0 Å². The van der Waals surface area contributed by atoms with Crippen LogP contribution in [0.3, 0.4) is 0 Å². The number of hydrogen-bond donors (Lipinski definition) is 1. The van der Waals surface area contributed by atoms with E-state index in [9.17, 15) is 4.79 Å². The Morgan fingerprint density at radius 1 is 1.23 bits per heavy atom. The quantitative estimate of drug-likeness (QED) is 0.679. The minimum atomic E-state index is -0.119. The second-order valence-corrected chi connectivity index (χ2v) is 8.73. The second kappa shape index (κ2) is 8.43. The molecular weight excluding hydrogens is 394 g/mol. The van der Waals surface area contributed by atoms with Gasteiger partial charge in [0, 0.05) is 50.2 Å². The highest BCUT2D eigenvalue weighted by molar-refractivity contribution is 5.42. The van der Waals surface area contributed by atoms with Crippen LogP contribution in [0.25, 0.3) is 5.52 Å². The topological polar surface area (TPSA) is 84.8 Å². The highest BCUT2D eigenvalue weighted by Gasteiger charge is 2.34. The molecule has 2 fully saturated rings. The summed E-state index contributed by atoms with van der Waals surface area (Å²) in [5, 5.41) is 4.89. The van der Waals surface area contributed by atoms with Gasteiger partial charge in [-0.1, -0.05) is 25.1 Å². The van der Waals surface area contributed by atoms with Gasteiger partial charge in [-0.2, -0.15) is 5.10 Å². The van der Waals surface area contributed by atoms with E-state index in [0.717, 1.165) is 63.1 Å². The first kappa shape index (κ1) is 20.2. The zero-order valence-electron chi connectivity index (χ0n) is 18.1. The molecule has 8 heteroatoms. The maximum Gasteiger partial charge on any atom is 0.276 e. The van der Waals surface area contributed by atoms with Gasteiger partial charge in [0.25, 0.3) is 5.56 Å². The fourth-order valence-electron chi connectivity index (χ4n) is 4.96. The average molecular weight is 424 g/mol. The number of nitrogens with zero attached hydrogens (tertiary/aromatic N) is 4. The molecule has 31 heavy (non-hydrogen) atoms. The number of aromatic amines is 1. The SMILES string of the molecule is COc1ccccc1CN1CC(C)C(c2nn3c(C4CCOCC4)ncc3c(=O)[nH]2)C1. The first-order valence-electron chi connectivity index (χ1n) is 11.0. The van der Waals surface area contributed by atoms with Gasteiger partial charge in [0.1, 0.15) is 17.4 Å². The van der Waals surface area contributed by atoms with Crippen molar-refractivity contribution < 1.29 is 9.47 Å². The smallest absolute Gasteiger partial charge is 0.276 e. The van der Waals surface area contributed by atoms with Crippen molar-refractivity contribution in [3.63, 3.8) is 0 Å². The molecule has 2 aromatic heterocycles. The summed E-state index contributed by atoms with van der Waals surface area (Å²) >= 11 is 0. The Morgan fingerprint density at radius 2 is 2.03 bits per heavy atom. The van der Waals surface area contributed by atoms with Gasteiger partial charge in [-0.25, -0.2) is 9.50 Å². The molecule has 4 heterocycles. The molecule has 0 radical (unpaired) electrons. The maximum atomic E-state index is 12.8. The van der Waals surface area contributed by atoms with Crippen LogP contribution in [0.4, 0.5) is 0 Å². The molecule has 8 nitrogen and oxygen atoms in total. The van der Waals surface area contributed by atoms with Crippen molar-refractivity contribution in [1.29, 1.82) is 0 Å². The van der Waals surface area contributed by atoms with E-state index in [4.69, 9.17) is 14.6 Å². The van der Waals surface area contributed by atoms with E-state index in [1.165, 1.54) is 5.56 Å². The van der Waals surface area contributed by atoms with Gasteiger partial charge in [-0.3, -0.25) is 9.69 Å². The molecule has 0 amide bonds. The number of aromatic nitrogens is 4. The maximum absolute atomic E-state index is 12.8. The van der Waals surface area contributed by atoms with Crippen LogP contribution in [0, 0.1) is 5.92 Å². The summed E-state index contributed by atoms with van der Waals surface area (Å²) in [7, 11) is 1.71. The molecule has 2 aliphatic rings. The van der Waals surface area contributed by atoms with E-state index < -0.39 is 0 Å². The molecule has 0 saturated carbocycles. The number of nitrogens with one attached hydrogen (secondary N) is 1. The molecule has 5 rings (SSSR count). The summed E-state index contributed by atoms with van der Waals surface area (Å²) in [6, 6.07) is 8.13. The Balaban J connectivity index is 1.41. The first-order chi connectivity index (χ1) is 15.1. The third-order valence-corrected chi connectivity index (χ3v) is 6.66. The molecule has 1 aromatic carbocycles. The van der Waals surface area contributed by atoms with Crippen molar-refractivity contribution in [3.8, 4) is 5.75 Å². The minimum absolute atomic E-state index is 0.119. The number of imidazole rings is 1. The van der Waals surface area contributed by atoms with Gasteiger partial charge in [-0.15, -0.1) is 0 Å². The minimum Gasteiger partial charge on any atom is -0.496 e. The largest absolute Gasteiger partial charge is 0.496 e. The van der Waals surface area contributed by atoms with Crippen LogP contribution < -0.4 is 10.3 Å². The Hall–Kier alpha value is -2.71. The van der Waals surface area contributed by atoms with E-state index in [2.05, 4.69) is 27.9 Å². The Labute approximate surface area is 181 Å². The van der Waals surface area contributed by atoms with Crippen molar-refractivity contribution >= 4 is 5.52 Å². The number of methoxy groups -OCH3 is 1. The molecule has 2 atom stereocenters. The number of rotatable bonds is 5. The van der Waals surface area contributed by atoms with Gasteiger partial charge in [0.2, 0.25) is 0 Å². The predicted octanol–water partition coefficient (Wildman–Crippen LogP) is 2.56. The molecule has 0 bridgehead atoms. The number of fused-ring (bicyclic) bond motifs is 1. The highest BCUT2D eigenvalue weighted by Crippen LogP contribution is 2.32. The highest BCUT2D eigenvalue weighted by atomic mass is 16.5. The molecule has 2 saturated heterocycles. The summed E-state index contributed by atoms with van der Waals surface area (Å²) in [6.07, 6.45) is 3.47. The third-order valence-electron chi connectivity index (χ3n) is 6.66. The Morgan fingerprint density at radius 3 is 2.84 bits per heavy atom. The number of hydrogen-bond acceptors (Lipinski definition) is 6. The Bertz CT molecular complexity index is 1120.